The molecule has 2 rings (SSSR count). The molecule has 0 aromatic heterocycles. The van der Waals surface area contributed by atoms with Crippen molar-refractivity contribution in [1.29, 1.82) is 0 Å². The van der Waals surface area contributed by atoms with Crippen LogP contribution >= 0.6 is 15.9 Å². The Bertz CT molecular complexity index is 416. The van der Waals surface area contributed by atoms with Gasteiger partial charge in [-0.1, -0.05) is 0 Å². The molecule has 0 aliphatic heterocycles. The zero-order valence-electron chi connectivity index (χ0n) is 7.66. The second kappa shape index (κ2) is 3.49. The highest BCUT2D eigenvalue weighted by Crippen LogP contribution is 2.39. The lowest BCUT2D eigenvalue weighted by Crippen LogP contribution is -2.13. The van der Waals surface area contributed by atoms with E-state index in [0.717, 1.165) is 0 Å². The first-order chi connectivity index (χ1) is 6.93. The molecular weight excluding hydrogens is 273 g/mol. The van der Waals surface area contributed by atoms with Crippen LogP contribution in [0.15, 0.2) is 10.5 Å². The summed E-state index contributed by atoms with van der Waals surface area (Å²) in [5.41, 5.74) is -0.925. The Labute approximate surface area is 93.0 Å². The van der Waals surface area contributed by atoms with E-state index in [1.54, 1.807) is 0 Å². The molecule has 0 spiro atoms. The number of hydrogen-bond donors (Lipinski definition) is 1. The van der Waals surface area contributed by atoms with Crippen molar-refractivity contribution in [2.24, 2.45) is 0 Å². The molecule has 0 saturated heterocycles. The van der Waals surface area contributed by atoms with E-state index in [0.29, 0.717) is 12.8 Å². The second-order valence-corrected chi connectivity index (χ2v) is 4.71. The third-order valence-electron chi connectivity index (χ3n) is 2.52. The van der Waals surface area contributed by atoms with Crippen LogP contribution in [0.4, 0.5) is 13.2 Å². The minimum Gasteiger partial charge on any atom is -0.390 e. The highest BCUT2D eigenvalue weighted by molar-refractivity contribution is 9.10. The molecule has 5 heteroatoms. The van der Waals surface area contributed by atoms with Gasteiger partial charge in [-0.05, 0) is 40.4 Å². The van der Waals surface area contributed by atoms with Crippen LogP contribution in [0.3, 0.4) is 0 Å². The lowest BCUT2D eigenvalue weighted by Gasteiger charge is -2.10. The van der Waals surface area contributed by atoms with Crippen molar-refractivity contribution in [3.8, 4) is 0 Å². The van der Waals surface area contributed by atoms with E-state index in [2.05, 4.69) is 15.9 Å². The Morgan fingerprint density at radius 3 is 2.33 bits per heavy atom. The van der Waals surface area contributed by atoms with Crippen LogP contribution < -0.4 is 0 Å². The molecule has 0 amide bonds. The molecular formula is C10H8BrF3O. The van der Waals surface area contributed by atoms with Gasteiger partial charge >= 0.3 is 0 Å². The summed E-state index contributed by atoms with van der Waals surface area (Å²) in [6, 6.07) is 1.17. The second-order valence-electron chi connectivity index (χ2n) is 3.86. The van der Waals surface area contributed by atoms with Gasteiger partial charge in [0.2, 0.25) is 0 Å². The summed E-state index contributed by atoms with van der Waals surface area (Å²) < 4.78 is 39.0. The first-order valence-corrected chi connectivity index (χ1v) is 5.26. The Morgan fingerprint density at radius 2 is 1.80 bits per heavy atom. The van der Waals surface area contributed by atoms with Gasteiger partial charge in [0.1, 0.15) is 0 Å². The quantitative estimate of drug-likeness (QED) is 0.652. The fourth-order valence-electron chi connectivity index (χ4n) is 1.43. The van der Waals surface area contributed by atoms with Gasteiger partial charge in [-0.25, -0.2) is 13.2 Å². The van der Waals surface area contributed by atoms with Crippen molar-refractivity contribution >= 4 is 15.9 Å². The van der Waals surface area contributed by atoms with E-state index < -0.39 is 23.1 Å². The Hall–Kier alpha value is -0.550. The van der Waals surface area contributed by atoms with Crippen LogP contribution in [-0.2, 0) is 6.42 Å². The molecule has 1 saturated carbocycles. The SMILES string of the molecule is OC1(Cc2cc(Br)c(F)c(F)c2F)CC1. The molecule has 1 nitrogen and oxygen atoms in total. The molecule has 0 atom stereocenters. The van der Waals surface area contributed by atoms with Gasteiger partial charge in [0, 0.05) is 6.42 Å². The van der Waals surface area contributed by atoms with Crippen LogP contribution in [-0.4, -0.2) is 10.7 Å². The number of hydrogen-bond acceptors (Lipinski definition) is 1. The summed E-state index contributed by atoms with van der Waals surface area (Å²) in [6.07, 6.45) is 1.17. The number of rotatable bonds is 2. The van der Waals surface area contributed by atoms with Crippen LogP contribution in [0, 0.1) is 17.5 Å². The largest absolute Gasteiger partial charge is 0.390 e. The molecule has 0 radical (unpaired) electrons. The van der Waals surface area contributed by atoms with Crippen molar-refractivity contribution in [1.82, 2.24) is 0 Å². The van der Waals surface area contributed by atoms with Gasteiger partial charge in [0.15, 0.2) is 17.5 Å². The van der Waals surface area contributed by atoms with E-state index in [-0.39, 0.29) is 16.5 Å². The van der Waals surface area contributed by atoms with Crippen LogP contribution in [0.2, 0.25) is 0 Å². The molecule has 1 aromatic carbocycles. The van der Waals surface area contributed by atoms with E-state index >= 15 is 0 Å². The predicted octanol–water partition coefficient (Wildman–Crippen LogP) is 2.93. The molecule has 82 valence electrons. The maximum Gasteiger partial charge on any atom is 0.195 e. The zero-order chi connectivity index (χ0) is 11.2. The predicted molar refractivity (Wildman–Crippen MR) is 51.9 cm³/mol. The van der Waals surface area contributed by atoms with Crippen LogP contribution in [0.1, 0.15) is 18.4 Å². The van der Waals surface area contributed by atoms with Crippen LogP contribution in [0.25, 0.3) is 0 Å². The van der Waals surface area contributed by atoms with Crippen molar-refractivity contribution < 1.29 is 18.3 Å². The highest BCUT2D eigenvalue weighted by atomic mass is 79.9. The molecule has 1 aromatic rings. The molecule has 0 unspecified atom stereocenters. The van der Waals surface area contributed by atoms with Crippen LogP contribution in [0.5, 0.6) is 0 Å². The molecule has 0 heterocycles. The normalized spacial score (nSPS) is 17.9. The first-order valence-electron chi connectivity index (χ1n) is 4.47. The van der Waals surface area contributed by atoms with Gasteiger partial charge in [-0.15, -0.1) is 0 Å². The van der Waals surface area contributed by atoms with E-state index in [1.807, 2.05) is 0 Å². The maximum absolute atomic E-state index is 13.3. The summed E-state index contributed by atoms with van der Waals surface area (Å²) >= 11 is 2.80. The van der Waals surface area contributed by atoms with Gasteiger partial charge in [-0.3, -0.25) is 0 Å². The van der Waals surface area contributed by atoms with Crippen molar-refractivity contribution in [2.45, 2.75) is 24.9 Å². The average Bonchev–Trinajstić information content (AvgIpc) is 2.89. The fraction of sp³-hybridized carbons (Fsp3) is 0.400. The summed E-state index contributed by atoms with van der Waals surface area (Å²) in [5.74, 6) is -3.95. The lowest BCUT2D eigenvalue weighted by molar-refractivity contribution is 0.149. The van der Waals surface area contributed by atoms with Crippen molar-refractivity contribution in [2.75, 3.05) is 0 Å². The number of halogens is 4. The Balaban J connectivity index is 2.39. The first kappa shape index (κ1) is 11.0. The number of benzene rings is 1. The highest BCUT2D eigenvalue weighted by Gasteiger charge is 2.41. The monoisotopic (exact) mass is 280 g/mol. The molecule has 1 aliphatic rings. The van der Waals surface area contributed by atoms with E-state index in [1.165, 1.54) is 6.07 Å². The average molecular weight is 281 g/mol. The molecule has 15 heavy (non-hydrogen) atoms. The molecule has 0 bridgehead atoms. The minimum atomic E-state index is -1.50. The lowest BCUT2D eigenvalue weighted by atomic mass is 10.1. The summed E-state index contributed by atoms with van der Waals surface area (Å²) in [7, 11) is 0. The Morgan fingerprint density at radius 1 is 1.20 bits per heavy atom. The minimum absolute atomic E-state index is 0.000718. The third-order valence-corrected chi connectivity index (χ3v) is 3.10. The summed E-state index contributed by atoms with van der Waals surface area (Å²) in [4.78, 5) is 0. The standard InChI is InChI=1S/C10H8BrF3O/c11-6-3-5(4-10(15)1-2-10)7(12)9(14)8(6)13/h3,15H,1-2,4H2. The van der Waals surface area contributed by atoms with Gasteiger partial charge < -0.3 is 5.11 Å². The Kier molecular flexibility index (Phi) is 2.55. The van der Waals surface area contributed by atoms with Gasteiger partial charge in [0.25, 0.3) is 0 Å². The van der Waals surface area contributed by atoms with E-state index in [4.69, 9.17) is 0 Å². The molecule has 1 aliphatic carbocycles. The summed E-state index contributed by atoms with van der Waals surface area (Å²) in [6.45, 7) is 0. The van der Waals surface area contributed by atoms with Gasteiger partial charge in [-0.2, -0.15) is 0 Å². The third kappa shape index (κ3) is 2.03. The zero-order valence-corrected chi connectivity index (χ0v) is 9.24. The van der Waals surface area contributed by atoms with Crippen molar-refractivity contribution in [3.63, 3.8) is 0 Å². The number of aliphatic hydroxyl groups is 1. The van der Waals surface area contributed by atoms with Crippen molar-refractivity contribution in [3.05, 3.63) is 33.6 Å². The molecule has 1 N–H and O–H groups in total. The van der Waals surface area contributed by atoms with E-state index in [9.17, 15) is 18.3 Å². The fourth-order valence-corrected chi connectivity index (χ4v) is 1.88. The molecule has 1 fully saturated rings. The topological polar surface area (TPSA) is 20.2 Å². The van der Waals surface area contributed by atoms with Gasteiger partial charge in [0.05, 0.1) is 10.1 Å². The smallest absolute Gasteiger partial charge is 0.195 e. The maximum atomic E-state index is 13.3. The summed E-state index contributed by atoms with van der Waals surface area (Å²) in [5, 5.41) is 9.56.